The number of aryl methyl sites for hydroxylation is 2. The largest absolute Gasteiger partial charge is 0.496 e. The number of rotatable bonds is 5. The van der Waals surface area contributed by atoms with Crippen molar-refractivity contribution in [3.63, 3.8) is 0 Å². The molecule has 18 heavy (non-hydrogen) atoms. The number of ketones is 1. The van der Waals surface area contributed by atoms with Crippen LogP contribution in [0.2, 0.25) is 0 Å². The summed E-state index contributed by atoms with van der Waals surface area (Å²) in [5.41, 5.74) is 2.68. The second-order valence-electron chi connectivity index (χ2n) is 4.39. The first kappa shape index (κ1) is 14.2. The smallest absolute Gasteiger partial charge is 0.224 e. The predicted molar refractivity (Wildman–Crippen MR) is 71.0 cm³/mol. The Balaban J connectivity index is 2.74. The SMILES string of the molecule is COc1c(C)cc(NC(=O)CCC(C)=O)cc1C. The standard InChI is InChI=1S/C14H19NO3/c1-9-7-12(8-10(2)14(9)18-4)15-13(17)6-5-11(3)16/h7-8H,5-6H2,1-4H3,(H,15,17). The van der Waals surface area contributed by atoms with Crippen molar-refractivity contribution < 1.29 is 14.3 Å². The number of anilines is 1. The van der Waals surface area contributed by atoms with Crippen molar-refractivity contribution in [3.8, 4) is 5.75 Å². The zero-order valence-electron chi connectivity index (χ0n) is 11.3. The molecular weight excluding hydrogens is 230 g/mol. The van der Waals surface area contributed by atoms with Gasteiger partial charge in [-0.3, -0.25) is 4.79 Å². The summed E-state index contributed by atoms with van der Waals surface area (Å²) in [5.74, 6) is 0.707. The molecule has 0 bridgehead atoms. The second-order valence-corrected chi connectivity index (χ2v) is 4.39. The average molecular weight is 249 g/mol. The summed E-state index contributed by atoms with van der Waals surface area (Å²) in [7, 11) is 1.63. The van der Waals surface area contributed by atoms with E-state index in [1.54, 1.807) is 7.11 Å². The van der Waals surface area contributed by atoms with Crippen molar-refractivity contribution in [2.45, 2.75) is 33.6 Å². The molecule has 98 valence electrons. The van der Waals surface area contributed by atoms with Crippen LogP contribution >= 0.6 is 0 Å². The molecule has 1 N–H and O–H groups in total. The zero-order chi connectivity index (χ0) is 13.7. The highest BCUT2D eigenvalue weighted by Gasteiger charge is 2.08. The van der Waals surface area contributed by atoms with Crippen LogP contribution in [-0.4, -0.2) is 18.8 Å². The van der Waals surface area contributed by atoms with Crippen LogP contribution in [0.3, 0.4) is 0 Å². The highest BCUT2D eigenvalue weighted by molar-refractivity contribution is 5.93. The summed E-state index contributed by atoms with van der Waals surface area (Å²) < 4.78 is 5.26. The highest BCUT2D eigenvalue weighted by atomic mass is 16.5. The maximum absolute atomic E-state index is 11.6. The van der Waals surface area contributed by atoms with Gasteiger partial charge < -0.3 is 14.8 Å². The minimum atomic E-state index is -0.144. The summed E-state index contributed by atoms with van der Waals surface area (Å²) in [4.78, 5) is 22.4. The van der Waals surface area contributed by atoms with E-state index in [0.29, 0.717) is 0 Å². The molecule has 0 atom stereocenters. The maximum Gasteiger partial charge on any atom is 0.224 e. The number of hydrogen-bond donors (Lipinski definition) is 1. The Morgan fingerprint density at radius 1 is 1.17 bits per heavy atom. The number of ether oxygens (including phenoxy) is 1. The summed E-state index contributed by atoms with van der Waals surface area (Å²) in [6, 6.07) is 3.72. The lowest BCUT2D eigenvalue weighted by molar-refractivity contribution is -0.121. The van der Waals surface area contributed by atoms with E-state index in [2.05, 4.69) is 5.32 Å². The molecule has 0 unspecified atom stereocenters. The van der Waals surface area contributed by atoms with Crippen LogP contribution in [0.15, 0.2) is 12.1 Å². The third kappa shape index (κ3) is 3.87. The summed E-state index contributed by atoms with van der Waals surface area (Å²) in [5, 5.41) is 2.78. The number of hydrogen-bond acceptors (Lipinski definition) is 3. The Morgan fingerprint density at radius 3 is 2.17 bits per heavy atom. The van der Waals surface area contributed by atoms with Gasteiger partial charge in [0, 0.05) is 18.5 Å². The van der Waals surface area contributed by atoms with Crippen LogP contribution in [-0.2, 0) is 9.59 Å². The van der Waals surface area contributed by atoms with Crippen LogP contribution in [0, 0.1) is 13.8 Å². The fourth-order valence-corrected chi connectivity index (χ4v) is 1.86. The van der Waals surface area contributed by atoms with Gasteiger partial charge >= 0.3 is 0 Å². The molecule has 0 saturated heterocycles. The lowest BCUT2D eigenvalue weighted by Gasteiger charge is -2.12. The zero-order valence-corrected chi connectivity index (χ0v) is 11.3. The minimum Gasteiger partial charge on any atom is -0.496 e. The molecule has 0 heterocycles. The maximum atomic E-state index is 11.6. The van der Waals surface area contributed by atoms with Gasteiger partial charge in [0.25, 0.3) is 0 Å². The molecule has 1 amide bonds. The lowest BCUT2D eigenvalue weighted by Crippen LogP contribution is -2.13. The van der Waals surface area contributed by atoms with Crippen molar-refractivity contribution >= 4 is 17.4 Å². The van der Waals surface area contributed by atoms with Crippen LogP contribution in [0.1, 0.15) is 30.9 Å². The highest BCUT2D eigenvalue weighted by Crippen LogP contribution is 2.26. The van der Waals surface area contributed by atoms with Gasteiger partial charge in [0.2, 0.25) is 5.91 Å². The van der Waals surface area contributed by atoms with E-state index in [1.165, 1.54) is 6.92 Å². The van der Waals surface area contributed by atoms with Gasteiger partial charge in [0.15, 0.2) is 0 Å². The lowest BCUT2D eigenvalue weighted by atomic mass is 10.1. The van der Waals surface area contributed by atoms with Gasteiger partial charge in [-0.25, -0.2) is 0 Å². The molecule has 4 heteroatoms. The Hall–Kier alpha value is -1.84. The van der Waals surface area contributed by atoms with E-state index < -0.39 is 0 Å². The first-order valence-electron chi connectivity index (χ1n) is 5.88. The third-order valence-corrected chi connectivity index (χ3v) is 2.65. The Morgan fingerprint density at radius 2 is 1.72 bits per heavy atom. The fraction of sp³-hybridized carbons (Fsp3) is 0.429. The topological polar surface area (TPSA) is 55.4 Å². The van der Waals surface area contributed by atoms with Crippen molar-refractivity contribution in [3.05, 3.63) is 23.3 Å². The van der Waals surface area contributed by atoms with Crippen LogP contribution in [0.4, 0.5) is 5.69 Å². The van der Waals surface area contributed by atoms with E-state index in [4.69, 9.17) is 4.74 Å². The average Bonchev–Trinajstić information content (AvgIpc) is 2.26. The van der Waals surface area contributed by atoms with Crippen molar-refractivity contribution in [2.24, 2.45) is 0 Å². The van der Waals surface area contributed by atoms with Crippen molar-refractivity contribution in [1.29, 1.82) is 0 Å². The summed E-state index contributed by atoms with van der Waals surface area (Å²) >= 11 is 0. The Labute approximate surface area is 107 Å². The van der Waals surface area contributed by atoms with Gasteiger partial charge in [-0.15, -0.1) is 0 Å². The van der Waals surface area contributed by atoms with Gasteiger partial charge in [0.1, 0.15) is 11.5 Å². The normalized spacial score (nSPS) is 10.0. The monoisotopic (exact) mass is 249 g/mol. The van der Waals surface area contributed by atoms with E-state index >= 15 is 0 Å². The number of carbonyl (C=O) groups is 2. The summed E-state index contributed by atoms with van der Waals surface area (Å²) in [6.45, 7) is 5.34. The first-order chi connectivity index (χ1) is 8.43. The first-order valence-corrected chi connectivity index (χ1v) is 5.88. The number of carbonyl (C=O) groups excluding carboxylic acids is 2. The number of amides is 1. The molecular formula is C14H19NO3. The molecule has 0 fully saturated rings. The predicted octanol–water partition coefficient (Wildman–Crippen LogP) is 2.62. The van der Waals surface area contributed by atoms with Gasteiger partial charge in [0.05, 0.1) is 7.11 Å². The van der Waals surface area contributed by atoms with Gasteiger partial charge in [-0.05, 0) is 44.0 Å². The van der Waals surface area contributed by atoms with E-state index in [-0.39, 0.29) is 24.5 Å². The van der Waals surface area contributed by atoms with E-state index in [9.17, 15) is 9.59 Å². The molecule has 0 aromatic heterocycles. The van der Waals surface area contributed by atoms with E-state index in [0.717, 1.165) is 22.6 Å². The summed E-state index contributed by atoms with van der Waals surface area (Å²) in [6.07, 6.45) is 0.499. The Kier molecular flexibility index (Phi) is 4.89. The molecule has 0 saturated carbocycles. The number of Topliss-reactive ketones (excluding diaryl/α,β-unsaturated/α-hetero) is 1. The quantitative estimate of drug-likeness (QED) is 0.872. The molecule has 0 aliphatic heterocycles. The molecule has 0 spiro atoms. The molecule has 1 aromatic carbocycles. The minimum absolute atomic E-state index is 0.0206. The Bertz CT molecular complexity index is 443. The van der Waals surface area contributed by atoms with Crippen LogP contribution < -0.4 is 10.1 Å². The molecule has 0 radical (unpaired) electrons. The molecule has 4 nitrogen and oxygen atoms in total. The number of nitrogens with one attached hydrogen (secondary N) is 1. The molecule has 1 aromatic rings. The van der Waals surface area contributed by atoms with Gasteiger partial charge in [-0.1, -0.05) is 0 Å². The number of methoxy groups -OCH3 is 1. The second kappa shape index (κ2) is 6.19. The fourth-order valence-electron chi connectivity index (χ4n) is 1.86. The van der Waals surface area contributed by atoms with Crippen LogP contribution in [0.25, 0.3) is 0 Å². The third-order valence-electron chi connectivity index (χ3n) is 2.65. The van der Waals surface area contributed by atoms with E-state index in [1.807, 2.05) is 26.0 Å². The van der Waals surface area contributed by atoms with Gasteiger partial charge in [-0.2, -0.15) is 0 Å². The molecule has 0 aliphatic rings. The van der Waals surface area contributed by atoms with Crippen LogP contribution in [0.5, 0.6) is 5.75 Å². The van der Waals surface area contributed by atoms with Crippen molar-refractivity contribution in [1.82, 2.24) is 0 Å². The molecule has 1 rings (SSSR count). The van der Waals surface area contributed by atoms with Crippen molar-refractivity contribution in [2.75, 3.05) is 12.4 Å². The number of benzene rings is 1. The molecule has 0 aliphatic carbocycles.